The molecule has 2 fully saturated rings. The summed E-state index contributed by atoms with van der Waals surface area (Å²) in [5, 5.41) is 8.93. The fourth-order valence-electron chi connectivity index (χ4n) is 2.95. The van der Waals surface area contributed by atoms with Crippen LogP contribution in [0.3, 0.4) is 0 Å². The van der Waals surface area contributed by atoms with E-state index in [-0.39, 0.29) is 30.4 Å². The van der Waals surface area contributed by atoms with Gasteiger partial charge in [0.05, 0.1) is 0 Å². The summed E-state index contributed by atoms with van der Waals surface area (Å²) in [6.45, 7) is 0.668. The number of hydrogen-bond donors (Lipinski definition) is 2. The van der Waals surface area contributed by atoms with Gasteiger partial charge in [0, 0.05) is 25.7 Å². The minimum absolute atomic E-state index is 0. The molecule has 1 saturated heterocycles. The lowest BCUT2D eigenvalue weighted by atomic mass is 9.91. The molecule has 1 atom stereocenters. The van der Waals surface area contributed by atoms with Crippen molar-refractivity contribution >= 4 is 24.4 Å². The zero-order chi connectivity index (χ0) is 13.3. The van der Waals surface area contributed by atoms with Crippen molar-refractivity contribution in [3.8, 4) is 0 Å². The van der Waals surface area contributed by atoms with Crippen LogP contribution in [0.1, 0.15) is 32.1 Å². The van der Waals surface area contributed by atoms with E-state index in [1.165, 1.54) is 7.05 Å². The standard InChI is InChI=1S/C12H21N3O3.ClH/c1-14(12(17)18)10-6-7-15(11(10)16)9-4-2-8(13)3-5-9;/h8-10H,2-7,13H2,1H3,(H,17,18);1H/t8-,9-,10-;/m1./s1. The lowest BCUT2D eigenvalue weighted by Crippen LogP contribution is -2.46. The number of carboxylic acid groups (broad SMARTS) is 1. The molecule has 110 valence electrons. The third-order valence-electron chi connectivity index (χ3n) is 4.16. The molecule has 0 aromatic rings. The summed E-state index contributed by atoms with van der Waals surface area (Å²) in [5.41, 5.74) is 5.86. The van der Waals surface area contributed by atoms with E-state index in [2.05, 4.69) is 0 Å². The van der Waals surface area contributed by atoms with Gasteiger partial charge in [0.2, 0.25) is 5.91 Å². The maximum absolute atomic E-state index is 12.2. The number of likely N-dealkylation sites (tertiary alicyclic amines) is 1. The highest BCUT2D eigenvalue weighted by atomic mass is 35.5. The van der Waals surface area contributed by atoms with Gasteiger partial charge in [0.15, 0.2) is 0 Å². The molecule has 0 aromatic carbocycles. The summed E-state index contributed by atoms with van der Waals surface area (Å²) in [4.78, 5) is 26.1. The second kappa shape index (κ2) is 6.43. The fraction of sp³-hybridized carbons (Fsp3) is 0.833. The Morgan fingerprint density at radius 3 is 2.42 bits per heavy atom. The molecule has 2 aliphatic rings. The van der Waals surface area contributed by atoms with Gasteiger partial charge in [0.1, 0.15) is 6.04 Å². The van der Waals surface area contributed by atoms with E-state index in [1.807, 2.05) is 4.90 Å². The number of nitrogens with two attached hydrogens (primary N) is 1. The second-order valence-electron chi connectivity index (χ2n) is 5.30. The highest BCUT2D eigenvalue weighted by Crippen LogP contribution is 2.27. The first-order valence-corrected chi connectivity index (χ1v) is 6.52. The number of carbonyl (C=O) groups excluding carboxylic acids is 1. The molecular formula is C12H22ClN3O3. The molecule has 0 radical (unpaired) electrons. The fourth-order valence-corrected chi connectivity index (χ4v) is 2.95. The van der Waals surface area contributed by atoms with Crippen LogP contribution in [-0.4, -0.2) is 58.6 Å². The lowest BCUT2D eigenvalue weighted by molar-refractivity contribution is -0.133. The van der Waals surface area contributed by atoms with Crippen molar-refractivity contribution in [3.63, 3.8) is 0 Å². The zero-order valence-electron chi connectivity index (χ0n) is 11.1. The van der Waals surface area contributed by atoms with Crippen LogP contribution in [0.15, 0.2) is 0 Å². The van der Waals surface area contributed by atoms with Gasteiger partial charge in [-0.05, 0) is 32.1 Å². The van der Waals surface area contributed by atoms with Gasteiger partial charge in [-0.3, -0.25) is 9.69 Å². The van der Waals surface area contributed by atoms with Crippen LogP contribution < -0.4 is 5.73 Å². The summed E-state index contributed by atoms with van der Waals surface area (Å²) in [6.07, 6.45) is 3.35. The topological polar surface area (TPSA) is 86.9 Å². The van der Waals surface area contributed by atoms with E-state index in [0.717, 1.165) is 30.6 Å². The third kappa shape index (κ3) is 3.30. The number of rotatable bonds is 2. The Morgan fingerprint density at radius 2 is 1.89 bits per heavy atom. The molecule has 0 bridgehead atoms. The van der Waals surface area contributed by atoms with E-state index in [0.29, 0.717) is 13.0 Å². The van der Waals surface area contributed by atoms with Crippen LogP contribution >= 0.6 is 12.4 Å². The number of amides is 2. The molecule has 0 spiro atoms. The van der Waals surface area contributed by atoms with E-state index >= 15 is 0 Å². The quantitative estimate of drug-likeness (QED) is 0.791. The molecule has 7 heteroatoms. The molecule has 1 aliphatic carbocycles. The van der Waals surface area contributed by atoms with Gasteiger partial charge in [-0.1, -0.05) is 0 Å². The predicted molar refractivity (Wildman–Crippen MR) is 73.4 cm³/mol. The van der Waals surface area contributed by atoms with Crippen molar-refractivity contribution in [3.05, 3.63) is 0 Å². The summed E-state index contributed by atoms with van der Waals surface area (Å²) >= 11 is 0. The van der Waals surface area contributed by atoms with Gasteiger partial charge >= 0.3 is 6.09 Å². The second-order valence-corrected chi connectivity index (χ2v) is 5.30. The Bertz CT molecular complexity index is 345. The van der Waals surface area contributed by atoms with Crippen molar-refractivity contribution < 1.29 is 14.7 Å². The van der Waals surface area contributed by atoms with E-state index in [9.17, 15) is 9.59 Å². The Hall–Kier alpha value is -1.01. The minimum Gasteiger partial charge on any atom is -0.465 e. The highest BCUT2D eigenvalue weighted by Gasteiger charge is 2.40. The largest absolute Gasteiger partial charge is 0.465 e. The Balaban J connectivity index is 0.00000180. The van der Waals surface area contributed by atoms with E-state index in [1.54, 1.807) is 0 Å². The molecule has 2 rings (SSSR count). The van der Waals surface area contributed by atoms with E-state index in [4.69, 9.17) is 10.8 Å². The maximum atomic E-state index is 12.2. The Morgan fingerprint density at radius 1 is 1.32 bits per heavy atom. The van der Waals surface area contributed by atoms with Crippen LogP contribution in [0.2, 0.25) is 0 Å². The smallest absolute Gasteiger partial charge is 0.407 e. The number of likely N-dealkylation sites (N-methyl/N-ethyl adjacent to an activating group) is 1. The summed E-state index contributed by atoms with van der Waals surface area (Å²) in [7, 11) is 1.46. The molecule has 1 saturated carbocycles. The van der Waals surface area contributed by atoms with Crippen LogP contribution in [0.4, 0.5) is 4.79 Å². The van der Waals surface area contributed by atoms with Crippen LogP contribution in [-0.2, 0) is 4.79 Å². The number of hydrogen-bond acceptors (Lipinski definition) is 3. The normalized spacial score (nSPS) is 30.9. The first-order valence-electron chi connectivity index (χ1n) is 6.52. The van der Waals surface area contributed by atoms with Crippen molar-refractivity contribution in [2.24, 2.45) is 5.73 Å². The van der Waals surface area contributed by atoms with E-state index < -0.39 is 12.1 Å². The van der Waals surface area contributed by atoms with Crippen LogP contribution in [0.25, 0.3) is 0 Å². The predicted octanol–water partition coefficient (Wildman–Crippen LogP) is 0.889. The molecule has 1 aliphatic heterocycles. The van der Waals surface area contributed by atoms with Crippen molar-refractivity contribution in [1.29, 1.82) is 0 Å². The maximum Gasteiger partial charge on any atom is 0.407 e. The molecule has 0 unspecified atom stereocenters. The first kappa shape index (κ1) is 16.0. The number of nitrogens with zero attached hydrogens (tertiary/aromatic N) is 2. The molecule has 3 N–H and O–H groups in total. The van der Waals surface area contributed by atoms with Crippen LogP contribution in [0, 0.1) is 0 Å². The van der Waals surface area contributed by atoms with Gasteiger partial charge in [-0.15, -0.1) is 12.4 Å². The average Bonchev–Trinajstić information content (AvgIpc) is 2.71. The third-order valence-corrected chi connectivity index (χ3v) is 4.16. The molecule has 19 heavy (non-hydrogen) atoms. The molecular weight excluding hydrogens is 270 g/mol. The number of carbonyl (C=O) groups is 2. The van der Waals surface area contributed by atoms with Crippen molar-refractivity contribution in [2.45, 2.75) is 50.2 Å². The summed E-state index contributed by atoms with van der Waals surface area (Å²) in [5.74, 6) is -0.0413. The van der Waals surface area contributed by atoms with Gasteiger partial charge in [0.25, 0.3) is 0 Å². The summed E-state index contributed by atoms with van der Waals surface area (Å²) < 4.78 is 0. The molecule has 1 heterocycles. The van der Waals surface area contributed by atoms with Gasteiger partial charge < -0.3 is 15.7 Å². The van der Waals surface area contributed by atoms with Gasteiger partial charge in [-0.2, -0.15) is 0 Å². The SMILES string of the molecule is CN(C(=O)O)[C@@H]1CCN([C@H]2CC[C@H](N)CC2)C1=O.Cl. The zero-order valence-corrected chi connectivity index (χ0v) is 11.9. The molecule has 0 aromatic heterocycles. The van der Waals surface area contributed by atoms with Crippen molar-refractivity contribution in [1.82, 2.24) is 9.80 Å². The summed E-state index contributed by atoms with van der Waals surface area (Å²) in [6, 6.07) is 0.0130. The molecule has 6 nitrogen and oxygen atoms in total. The Kier molecular flexibility index (Phi) is 5.43. The Labute approximate surface area is 119 Å². The monoisotopic (exact) mass is 291 g/mol. The minimum atomic E-state index is -1.04. The molecule has 2 amide bonds. The average molecular weight is 292 g/mol. The lowest BCUT2D eigenvalue weighted by Gasteiger charge is -2.33. The first-order chi connectivity index (χ1) is 8.50. The van der Waals surface area contributed by atoms with Crippen molar-refractivity contribution in [2.75, 3.05) is 13.6 Å². The number of halogens is 1. The highest BCUT2D eigenvalue weighted by molar-refractivity contribution is 5.87. The van der Waals surface area contributed by atoms with Gasteiger partial charge in [-0.25, -0.2) is 4.79 Å². The van der Waals surface area contributed by atoms with Crippen LogP contribution in [0.5, 0.6) is 0 Å².